The van der Waals surface area contributed by atoms with Crippen LogP contribution in [0.4, 0.5) is 0 Å². The van der Waals surface area contributed by atoms with Crippen LogP contribution < -0.4 is 5.32 Å². The molecule has 0 spiro atoms. The lowest BCUT2D eigenvalue weighted by atomic mass is 9.64. The van der Waals surface area contributed by atoms with Crippen LogP contribution >= 0.6 is 0 Å². The molecule has 18 heavy (non-hydrogen) atoms. The van der Waals surface area contributed by atoms with Gasteiger partial charge in [-0.3, -0.25) is 0 Å². The summed E-state index contributed by atoms with van der Waals surface area (Å²) in [6, 6.07) is 0. The van der Waals surface area contributed by atoms with Crippen LogP contribution in [0.25, 0.3) is 0 Å². The third kappa shape index (κ3) is 4.65. The molecule has 0 aromatic rings. The summed E-state index contributed by atoms with van der Waals surface area (Å²) in [5.41, 5.74) is 0.472. The molecule has 1 heteroatoms. The maximum Gasteiger partial charge on any atom is 0.00913 e. The zero-order valence-corrected chi connectivity index (χ0v) is 13.0. The molecule has 1 aliphatic rings. The van der Waals surface area contributed by atoms with Gasteiger partial charge < -0.3 is 5.32 Å². The van der Waals surface area contributed by atoms with Gasteiger partial charge in [0, 0.05) is 6.42 Å². The van der Waals surface area contributed by atoms with Gasteiger partial charge in [0.25, 0.3) is 0 Å². The second kappa shape index (κ2) is 7.19. The minimum Gasteiger partial charge on any atom is -0.319 e. The van der Waals surface area contributed by atoms with E-state index >= 15 is 0 Å². The van der Waals surface area contributed by atoms with Crippen molar-refractivity contribution in [3.8, 4) is 11.8 Å². The van der Waals surface area contributed by atoms with E-state index < -0.39 is 0 Å². The number of rotatable bonds is 4. The molecule has 1 N–H and O–H groups in total. The predicted octanol–water partition coefficient (Wildman–Crippen LogP) is 4.09. The average molecular weight is 249 g/mol. The van der Waals surface area contributed by atoms with Crippen molar-refractivity contribution in [1.29, 1.82) is 0 Å². The Morgan fingerprint density at radius 2 is 1.89 bits per heavy atom. The fourth-order valence-electron chi connectivity index (χ4n) is 3.38. The molecular formula is C17H31N. The van der Waals surface area contributed by atoms with Gasteiger partial charge in [-0.25, -0.2) is 0 Å². The summed E-state index contributed by atoms with van der Waals surface area (Å²) in [6.45, 7) is 10.3. The van der Waals surface area contributed by atoms with Gasteiger partial charge in [0.2, 0.25) is 0 Å². The number of hydrogen-bond donors (Lipinski definition) is 1. The van der Waals surface area contributed by atoms with Gasteiger partial charge in [-0.05, 0) is 69.4 Å². The molecule has 0 aliphatic heterocycles. The van der Waals surface area contributed by atoms with Gasteiger partial charge in [-0.1, -0.05) is 20.8 Å². The Morgan fingerprint density at radius 1 is 1.17 bits per heavy atom. The van der Waals surface area contributed by atoms with Crippen LogP contribution in [0.1, 0.15) is 59.8 Å². The summed E-state index contributed by atoms with van der Waals surface area (Å²) in [5, 5.41) is 3.38. The summed E-state index contributed by atoms with van der Waals surface area (Å²) in [5.74, 6) is 8.90. The van der Waals surface area contributed by atoms with E-state index in [1.807, 2.05) is 6.92 Å². The molecular weight excluding hydrogens is 218 g/mol. The molecule has 0 radical (unpaired) electrons. The molecule has 0 amide bonds. The maximum absolute atomic E-state index is 3.38. The van der Waals surface area contributed by atoms with Gasteiger partial charge in [0.15, 0.2) is 0 Å². The normalized spacial score (nSPS) is 28.6. The van der Waals surface area contributed by atoms with E-state index in [4.69, 9.17) is 0 Å². The summed E-state index contributed by atoms with van der Waals surface area (Å²) in [4.78, 5) is 0. The van der Waals surface area contributed by atoms with Crippen LogP contribution in [0.3, 0.4) is 0 Å². The molecule has 3 atom stereocenters. The highest BCUT2D eigenvalue weighted by Crippen LogP contribution is 2.43. The zero-order valence-electron chi connectivity index (χ0n) is 13.0. The van der Waals surface area contributed by atoms with E-state index in [9.17, 15) is 0 Å². The van der Waals surface area contributed by atoms with E-state index in [0.717, 1.165) is 24.2 Å². The minimum atomic E-state index is 0.472. The van der Waals surface area contributed by atoms with E-state index in [-0.39, 0.29) is 0 Å². The van der Waals surface area contributed by atoms with Gasteiger partial charge in [-0.15, -0.1) is 11.8 Å². The minimum absolute atomic E-state index is 0.472. The Bertz CT molecular complexity index is 289. The largest absolute Gasteiger partial charge is 0.319 e. The molecule has 1 fully saturated rings. The van der Waals surface area contributed by atoms with E-state index in [1.165, 1.54) is 32.2 Å². The Hall–Kier alpha value is -0.480. The van der Waals surface area contributed by atoms with Crippen LogP contribution in [-0.4, -0.2) is 13.6 Å². The topological polar surface area (TPSA) is 12.0 Å². The first-order valence-corrected chi connectivity index (χ1v) is 7.53. The Morgan fingerprint density at radius 3 is 2.44 bits per heavy atom. The lowest BCUT2D eigenvalue weighted by molar-refractivity contribution is 0.0942. The van der Waals surface area contributed by atoms with Gasteiger partial charge in [0.05, 0.1) is 0 Å². The lowest BCUT2D eigenvalue weighted by Gasteiger charge is -2.42. The predicted molar refractivity (Wildman–Crippen MR) is 80.4 cm³/mol. The highest BCUT2D eigenvalue weighted by Gasteiger charge is 2.34. The number of hydrogen-bond acceptors (Lipinski definition) is 1. The third-order valence-electron chi connectivity index (χ3n) is 4.65. The standard InChI is InChI=1S/C17H31N/c1-6-7-8-9-14-12-16(17(2,3)4)11-10-15(14)13-18-5/h14-16,18H,8-13H2,1-5H3. The van der Waals surface area contributed by atoms with Gasteiger partial charge >= 0.3 is 0 Å². The fraction of sp³-hybridized carbons (Fsp3) is 0.882. The fourth-order valence-corrected chi connectivity index (χ4v) is 3.38. The van der Waals surface area contributed by atoms with Crippen molar-refractivity contribution in [1.82, 2.24) is 5.32 Å². The molecule has 3 unspecified atom stereocenters. The van der Waals surface area contributed by atoms with Gasteiger partial charge in [-0.2, -0.15) is 0 Å². The molecule has 0 aromatic heterocycles. The smallest absolute Gasteiger partial charge is 0.00913 e. The zero-order chi connectivity index (χ0) is 13.6. The van der Waals surface area contributed by atoms with E-state index in [0.29, 0.717) is 5.41 Å². The molecule has 104 valence electrons. The summed E-state index contributed by atoms with van der Waals surface area (Å²) in [7, 11) is 2.08. The van der Waals surface area contributed by atoms with E-state index in [2.05, 4.69) is 45.0 Å². The first-order chi connectivity index (χ1) is 8.49. The Kier molecular flexibility index (Phi) is 6.22. The van der Waals surface area contributed by atoms with Crippen LogP contribution in [0, 0.1) is 35.0 Å². The Balaban J connectivity index is 2.59. The summed E-state index contributed by atoms with van der Waals surface area (Å²) >= 11 is 0. The molecule has 0 heterocycles. The van der Waals surface area contributed by atoms with Crippen LogP contribution in [-0.2, 0) is 0 Å². The molecule has 0 aromatic carbocycles. The van der Waals surface area contributed by atoms with Crippen molar-refractivity contribution in [2.45, 2.75) is 59.8 Å². The van der Waals surface area contributed by atoms with Crippen molar-refractivity contribution in [3.63, 3.8) is 0 Å². The molecule has 0 saturated heterocycles. The molecule has 1 nitrogen and oxygen atoms in total. The maximum atomic E-state index is 3.38. The van der Waals surface area contributed by atoms with Crippen molar-refractivity contribution in [2.75, 3.05) is 13.6 Å². The Labute approximate surface area is 114 Å². The highest BCUT2D eigenvalue weighted by molar-refractivity contribution is 4.96. The first-order valence-electron chi connectivity index (χ1n) is 7.53. The van der Waals surface area contributed by atoms with Crippen LogP contribution in [0.5, 0.6) is 0 Å². The van der Waals surface area contributed by atoms with Gasteiger partial charge in [0.1, 0.15) is 0 Å². The second-order valence-corrected chi connectivity index (χ2v) is 6.92. The number of nitrogens with one attached hydrogen (secondary N) is 1. The van der Waals surface area contributed by atoms with E-state index in [1.54, 1.807) is 0 Å². The lowest BCUT2D eigenvalue weighted by Crippen LogP contribution is -2.35. The quantitative estimate of drug-likeness (QED) is 0.740. The van der Waals surface area contributed by atoms with Crippen molar-refractivity contribution in [3.05, 3.63) is 0 Å². The van der Waals surface area contributed by atoms with Crippen molar-refractivity contribution in [2.24, 2.45) is 23.2 Å². The first kappa shape index (κ1) is 15.6. The third-order valence-corrected chi connectivity index (χ3v) is 4.65. The molecule has 1 saturated carbocycles. The molecule has 1 aliphatic carbocycles. The molecule has 0 bridgehead atoms. The second-order valence-electron chi connectivity index (χ2n) is 6.92. The van der Waals surface area contributed by atoms with Crippen molar-refractivity contribution < 1.29 is 0 Å². The van der Waals surface area contributed by atoms with Crippen LogP contribution in [0.15, 0.2) is 0 Å². The summed E-state index contributed by atoms with van der Waals surface area (Å²) < 4.78 is 0. The average Bonchev–Trinajstić information content (AvgIpc) is 2.30. The monoisotopic (exact) mass is 249 g/mol. The van der Waals surface area contributed by atoms with Crippen LogP contribution in [0.2, 0.25) is 0 Å². The highest BCUT2D eigenvalue weighted by atomic mass is 14.8. The molecule has 1 rings (SSSR count). The van der Waals surface area contributed by atoms with Crippen molar-refractivity contribution >= 4 is 0 Å². The SMILES string of the molecule is CC#CCCC1CC(C(C)(C)C)CCC1CNC. The summed E-state index contributed by atoms with van der Waals surface area (Å²) in [6.07, 6.45) is 6.58.